The molecule has 0 unspecified atom stereocenters. The van der Waals surface area contributed by atoms with Crippen molar-refractivity contribution in [2.24, 2.45) is 0 Å². The predicted molar refractivity (Wildman–Crippen MR) is 50.2 cm³/mol. The summed E-state index contributed by atoms with van der Waals surface area (Å²) in [5.74, 6) is 0.525. The number of nitrogens with zero attached hydrogens (tertiary/aromatic N) is 2. The molecule has 2 nitrogen and oxygen atoms in total. The van der Waals surface area contributed by atoms with E-state index in [1.165, 1.54) is 0 Å². The van der Waals surface area contributed by atoms with Crippen molar-refractivity contribution in [3.05, 3.63) is 23.3 Å². The number of hydrogen-bond donors (Lipinski definition) is 0. The molecule has 0 aromatic carbocycles. The Kier molecular flexibility index (Phi) is 2.79. The number of aromatic nitrogens is 2. The minimum atomic E-state index is 0.525. The van der Waals surface area contributed by atoms with E-state index in [9.17, 15) is 0 Å². The van der Waals surface area contributed by atoms with Gasteiger partial charge in [-0.15, -0.1) is 0 Å². The fourth-order valence-electron chi connectivity index (χ4n) is 1.01. The van der Waals surface area contributed by atoms with E-state index in [4.69, 9.17) is 0 Å². The Morgan fingerprint density at radius 2 is 2.00 bits per heavy atom. The van der Waals surface area contributed by atoms with E-state index in [0.717, 1.165) is 23.5 Å². The molecule has 0 saturated heterocycles. The van der Waals surface area contributed by atoms with E-state index in [0.29, 0.717) is 5.92 Å². The molecule has 1 atom stereocenters. The lowest BCUT2D eigenvalue weighted by molar-refractivity contribution is 0.696. The van der Waals surface area contributed by atoms with Crippen LogP contribution in [0.4, 0.5) is 0 Å². The Hall–Kier alpha value is -0.920. The summed E-state index contributed by atoms with van der Waals surface area (Å²) in [6, 6.07) is 0. The van der Waals surface area contributed by atoms with Crippen LogP contribution in [0.1, 0.15) is 43.3 Å². The highest BCUT2D eigenvalue weighted by atomic mass is 14.8. The molecule has 0 N–H and O–H groups in total. The highest BCUT2D eigenvalue weighted by Crippen LogP contribution is 2.15. The molecule has 0 bridgehead atoms. The van der Waals surface area contributed by atoms with Gasteiger partial charge in [0.1, 0.15) is 0 Å². The first-order valence-electron chi connectivity index (χ1n) is 4.45. The van der Waals surface area contributed by atoms with Gasteiger partial charge in [0.2, 0.25) is 0 Å². The molecule has 1 heterocycles. The molecular formula is C10H16N2. The topological polar surface area (TPSA) is 25.8 Å². The van der Waals surface area contributed by atoms with Crippen LogP contribution < -0.4 is 0 Å². The fraction of sp³-hybridized carbons (Fsp3) is 0.600. The van der Waals surface area contributed by atoms with E-state index in [2.05, 4.69) is 23.8 Å². The third-order valence-electron chi connectivity index (χ3n) is 2.33. The van der Waals surface area contributed by atoms with Gasteiger partial charge in [-0.3, -0.25) is 9.97 Å². The molecule has 0 amide bonds. The number of hydrogen-bond acceptors (Lipinski definition) is 2. The zero-order chi connectivity index (χ0) is 9.14. The Balaban J connectivity index is 2.96. The Bertz CT molecular complexity index is 269. The van der Waals surface area contributed by atoms with Crippen LogP contribution in [0.25, 0.3) is 0 Å². The van der Waals surface area contributed by atoms with Gasteiger partial charge in [0.05, 0.1) is 17.1 Å². The van der Waals surface area contributed by atoms with Crippen LogP contribution >= 0.6 is 0 Å². The third-order valence-corrected chi connectivity index (χ3v) is 2.33. The van der Waals surface area contributed by atoms with Crippen LogP contribution in [-0.2, 0) is 0 Å². The first-order valence-corrected chi connectivity index (χ1v) is 4.45. The molecule has 2 heteroatoms. The molecule has 0 aliphatic rings. The first-order chi connectivity index (χ1) is 5.65. The van der Waals surface area contributed by atoms with E-state index in [1.54, 1.807) is 0 Å². The van der Waals surface area contributed by atoms with Crippen LogP contribution in [0.5, 0.6) is 0 Å². The summed E-state index contributed by atoms with van der Waals surface area (Å²) < 4.78 is 0. The van der Waals surface area contributed by atoms with Crippen LogP contribution in [0.2, 0.25) is 0 Å². The monoisotopic (exact) mass is 164 g/mol. The molecule has 0 spiro atoms. The van der Waals surface area contributed by atoms with E-state index >= 15 is 0 Å². The molecule has 0 radical (unpaired) electrons. The highest BCUT2D eigenvalue weighted by Gasteiger charge is 2.05. The number of aryl methyl sites for hydroxylation is 2. The lowest BCUT2D eigenvalue weighted by Crippen LogP contribution is -2.00. The molecule has 1 aromatic heterocycles. The molecule has 66 valence electrons. The Morgan fingerprint density at radius 3 is 2.50 bits per heavy atom. The van der Waals surface area contributed by atoms with E-state index < -0.39 is 0 Å². The molecule has 0 aliphatic carbocycles. The minimum absolute atomic E-state index is 0.525. The van der Waals surface area contributed by atoms with Gasteiger partial charge in [-0.1, -0.05) is 13.8 Å². The second-order valence-electron chi connectivity index (χ2n) is 3.27. The van der Waals surface area contributed by atoms with Crippen molar-refractivity contribution in [1.82, 2.24) is 9.97 Å². The number of rotatable bonds is 2. The fourth-order valence-corrected chi connectivity index (χ4v) is 1.01. The summed E-state index contributed by atoms with van der Waals surface area (Å²) in [6.45, 7) is 8.34. The second kappa shape index (κ2) is 3.65. The quantitative estimate of drug-likeness (QED) is 0.671. The van der Waals surface area contributed by atoms with Crippen molar-refractivity contribution in [2.75, 3.05) is 0 Å². The zero-order valence-electron chi connectivity index (χ0n) is 8.26. The summed E-state index contributed by atoms with van der Waals surface area (Å²) in [5.41, 5.74) is 3.19. The summed E-state index contributed by atoms with van der Waals surface area (Å²) in [5, 5.41) is 0. The van der Waals surface area contributed by atoms with Gasteiger partial charge in [-0.25, -0.2) is 0 Å². The third kappa shape index (κ3) is 1.81. The standard InChI is InChI=1S/C10H16N2/c1-5-7(2)10-6-11-8(3)9(4)12-10/h6-7H,5H2,1-4H3/t7-/m0/s1. The van der Waals surface area contributed by atoms with Crippen molar-refractivity contribution in [2.45, 2.75) is 40.0 Å². The molecule has 0 aliphatic heterocycles. The molecule has 0 fully saturated rings. The van der Waals surface area contributed by atoms with E-state index in [1.807, 2.05) is 20.0 Å². The highest BCUT2D eigenvalue weighted by molar-refractivity contribution is 5.12. The van der Waals surface area contributed by atoms with Crippen molar-refractivity contribution in [1.29, 1.82) is 0 Å². The largest absolute Gasteiger partial charge is 0.258 e. The maximum Gasteiger partial charge on any atom is 0.0618 e. The van der Waals surface area contributed by atoms with Gasteiger partial charge in [-0.2, -0.15) is 0 Å². The predicted octanol–water partition coefficient (Wildman–Crippen LogP) is 2.61. The minimum Gasteiger partial charge on any atom is -0.258 e. The molecule has 12 heavy (non-hydrogen) atoms. The van der Waals surface area contributed by atoms with Gasteiger partial charge >= 0.3 is 0 Å². The van der Waals surface area contributed by atoms with Crippen LogP contribution in [0, 0.1) is 13.8 Å². The van der Waals surface area contributed by atoms with E-state index in [-0.39, 0.29) is 0 Å². The Morgan fingerprint density at radius 1 is 1.33 bits per heavy atom. The van der Waals surface area contributed by atoms with Crippen LogP contribution in [0.15, 0.2) is 6.20 Å². The average molecular weight is 164 g/mol. The molecule has 1 rings (SSSR count). The van der Waals surface area contributed by atoms with Gasteiger partial charge < -0.3 is 0 Å². The lowest BCUT2D eigenvalue weighted by Gasteiger charge is -2.08. The SMILES string of the molecule is CC[C@H](C)c1cnc(C)c(C)n1. The lowest BCUT2D eigenvalue weighted by atomic mass is 10.1. The summed E-state index contributed by atoms with van der Waals surface area (Å²) in [4.78, 5) is 8.77. The maximum absolute atomic E-state index is 4.48. The van der Waals surface area contributed by atoms with Gasteiger partial charge in [-0.05, 0) is 26.2 Å². The Labute approximate surface area is 74.1 Å². The van der Waals surface area contributed by atoms with Crippen molar-refractivity contribution in [3.63, 3.8) is 0 Å². The zero-order valence-corrected chi connectivity index (χ0v) is 8.26. The second-order valence-corrected chi connectivity index (χ2v) is 3.27. The molecule has 1 aromatic rings. The summed E-state index contributed by atoms with van der Waals surface area (Å²) in [6.07, 6.45) is 3.01. The van der Waals surface area contributed by atoms with Crippen LogP contribution in [-0.4, -0.2) is 9.97 Å². The van der Waals surface area contributed by atoms with Crippen molar-refractivity contribution in [3.8, 4) is 0 Å². The van der Waals surface area contributed by atoms with Crippen molar-refractivity contribution >= 4 is 0 Å². The summed E-state index contributed by atoms with van der Waals surface area (Å²) in [7, 11) is 0. The summed E-state index contributed by atoms with van der Waals surface area (Å²) >= 11 is 0. The molecular weight excluding hydrogens is 148 g/mol. The maximum atomic E-state index is 4.48. The van der Waals surface area contributed by atoms with Crippen molar-refractivity contribution < 1.29 is 0 Å². The molecule has 0 saturated carbocycles. The van der Waals surface area contributed by atoms with Gasteiger partial charge in [0, 0.05) is 6.20 Å². The van der Waals surface area contributed by atoms with Gasteiger partial charge in [0.25, 0.3) is 0 Å². The smallest absolute Gasteiger partial charge is 0.0618 e. The van der Waals surface area contributed by atoms with Gasteiger partial charge in [0.15, 0.2) is 0 Å². The average Bonchev–Trinajstić information content (AvgIpc) is 2.08. The first kappa shape index (κ1) is 9.17. The van der Waals surface area contributed by atoms with Crippen LogP contribution in [0.3, 0.4) is 0 Å². The normalized spacial score (nSPS) is 13.0.